The summed E-state index contributed by atoms with van der Waals surface area (Å²) >= 11 is 5.73. The molecule has 1 aromatic heterocycles. The third kappa shape index (κ3) is 5.75. The van der Waals surface area contributed by atoms with Crippen LogP contribution in [0.25, 0.3) is 11.1 Å². The maximum atomic E-state index is 14.7. The van der Waals surface area contributed by atoms with Crippen LogP contribution < -0.4 is 10.0 Å². The maximum absolute atomic E-state index is 14.7. The van der Waals surface area contributed by atoms with Gasteiger partial charge < -0.3 is 15.6 Å². The van der Waals surface area contributed by atoms with Crippen molar-refractivity contribution in [2.45, 2.75) is 38.3 Å². The molecule has 200 valence electrons. The molecule has 1 unspecified atom stereocenters. The van der Waals surface area contributed by atoms with Gasteiger partial charge in [-0.15, -0.1) is 0 Å². The molecule has 0 radical (unpaired) electrons. The van der Waals surface area contributed by atoms with Gasteiger partial charge in [0.25, 0.3) is 0 Å². The number of carbonyl (C=O) groups is 2. The first-order chi connectivity index (χ1) is 17.8. The van der Waals surface area contributed by atoms with E-state index in [1.807, 2.05) is 0 Å². The van der Waals surface area contributed by atoms with Gasteiger partial charge in [0.2, 0.25) is 11.6 Å². The van der Waals surface area contributed by atoms with Crippen molar-refractivity contribution in [3.63, 3.8) is 0 Å². The van der Waals surface area contributed by atoms with Crippen molar-refractivity contribution in [2.24, 2.45) is 11.8 Å². The van der Waals surface area contributed by atoms with E-state index in [0.717, 1.165) is 25.1 Å². The van der Waals surface area contributed by atoms with Gasteiger partial charge in [-0.2, -0.15) is 17.9 Å². The molecule has 1 heterocycles. The number of carboxylic acid groups (broad SMARTS) is 1. The average molecular weight is 551 g/mol. The lowest BCUT2D eigenvalue weighted by atomic mass is 9.71. The molecule has 1 amide bonds. The second kappa shape index (κ2) is 10.6. The Balaban J connectivity index is 1.69. The molecule has 1 atom stereocenters. The van der Waals surface area contributed by atoms with Gasteiger partial charge in [-0.1, -0.05) is 18.5 Å². The minimum Gasteiger partial charge on any atom is -0.618 e. The normalized spacial score (nSPS) is 17.9. The van der Waals surface area contributed by atoms with Crippen LogP contribution in [0.3, 0.4) is 0 Å². The molecule has 38 heavy (non-hydrogen) atoms. The number of aromatic nitrogens is 1. The van der Waals surface area contributed by atoms with Crippen LogP contribution in [0, 0.1) is 22.9 Å². The van der Waals surface area contributed by atoms with Crippen LogP contribution in [-0.2, 0) is 11.0 Å². The van der Waals surface area contributed by atoms with E-state index in [9.17, 15) is 32.4 Å². The monoisotopic (exact) mass is 550 g/mol. The Hall–Kier alpha value is -3.66. The number of nitrogens with zero attached hydrogens (tertiary/aromatic N) is 1. The summed E-state index contributed by atoms with van der Waals surface area (Å²) in [5.74, 6) is -3.29. The number of nitrogens with one attached hydrogen (secondary N) is 1. The van der Waals surface area contributed by atoms with Crippen LogP contribution in [-0.4, -0.2) is 17.0 Å². The fourth-order valence-electron chi connectivity index (χ4n) is 4.86. The van der Waals surface area contributed by atoms with Crippen molar-refractivity contribution in [1.82, 2.24) is 0 Å². The van der Waals surface area contributed by atoms with E-state index < -0.39 is 45.9 Å². The molecule has 0 spiro atoms. The number of rotatable bonds is 7. The number of alkyl halides is 3. The summed E-state index contributed by atoms with van der Waals surface area (Å²) in [6.45, 7) is 2.07. The zero-order valence-corrected chi connectivity index (χ0v) is 20.8. The van der Waals surface area contributed by atoms with Crippen molar-refractivity contribution in [3.05, 3.63) is 87.6 Å². The van der Waals surface area contributed by atoms with Crippen molar-refractivity contribution in [2.75, 3.05) is 5.32 Å². The number of carboxylic acids is 1. The fraction of sp³-hybridized carbons (Fsp3) is 0.296. The number of halogens is 5. The van der Waals surface area contributed by atoms with E-state index in [0.29, 0.717) is 24.1 Å². The molecule has 2 aromatic carbocycles. The highest BCUT2D eigenvalue weighted by Gasteiger charge is 2.38. The SMILES string of the molecule is CC1CC(CC(C(=O)Nc2ccc(C(=O)O)cc2)c2ccc(-c3c(C(F)(F)F)ccc(Cl)c3F)c[n+]2[O-])C1. The number of carbonyl (C=O) groups excluding carboxylic acids is 1. The molecule has 1 aliphatic rings. The maximum Gasteiger partial charge on any atom is 0.417 e. The molecule has 2 N–H and O–H groups in total. The summed E-state index contributed by atoms with van der Waals surface area (Å²) in [5, 5.41) is 24.3. The smallest absolute Gasteiger partial charge is 0.417 e. The number of pyridine rings is 1. The van der Waals surface area contributed by atoms with Gasteiger partial charge in [-0.25, -0.2) is 9.18 Å². The lowest BCUT2D eigenvalue weighted by molar-refractivity contribution is -0.614. The van der Waals surface area contributed by atoms with Crippen LogP contribution in [0.2, 0.25) is 5.02 Å². The zero-order valence-electron chi connectivity index (χ0n) is 20.1. The van der Waals surface area contributed by atoms with E-state index in [1.54, 1.807) is 0 Å². The molecule has 4 rings (SSSR count). The van der Waals surface area contributed by atoms with Gasteiger partial charge in [-0.3, -0.25) is 4.79 Å². The Morgan fingerprint density at radius 2 is 1.79 bits per heavy atom. The van der Waals surface area contributed by atoms with Crippen molar-refractivity contribution in [3.8, 4) is 11.1 Å². The Kier molecular flexibility index (Phi) is 7.64. The van der Waals surface area contributed by atoms with Gasteiger partial charge in [-0.05, 0) is 73.6 Å². The van der Waals surface area contributed by atoms with E-state index in [1.165, 1.54) is 36.4 Å². The number of hydrogen-bond donors (Lipinski definition) is 2. The first kappa shape index (κ1) is 27.4. The summed E-state index contributed by atoms with van der Waals surface area (Å²) in [4.78, 5) is 24.4. The molecule has 3 aromatic rings. The highest BCUT2D eigenvalue weighted by atomic mass is 35.5. The minimum atomic E-state index is -4.90. The van der Waals surface area contributed by atoms with Crippen molar-refractivity contribution >= 4 is 29.2 Å². The van der Waals surface area contributed by atoms with Gasteiger partial charge in [0.15, 0.2) is 6.20 Å². The fourth-order valence-corrected chi connectivity index (χ4v) is 5.02. The molecule has 1 aliphatic carbocycles. The minimum absolute atomic E-state index is 0.0102. The van der Waals surface area contributed by atoms with E-state index in [4.69, 9.17) is 16.7 Å². The van der Waals surface area contributed by atoms with Gasteiger partial charge in [0.1, 0.15) is 11.7 Å². The third-order valence-electron chi connectivity index (χ3n) is 6.75. The molecular weight excluding hydrogens is 528 g/mol. The molecule has 11 heteroatoms. The van der Waals surface area contributed by atoms with Gasteiger partial charge >= 0.3 is 12.1 Å². The van der Waals surface area contributed by atoms with Crippen LogP contribution >= 0.6 is 11.6 Å². The molecule has 0 aliphatic heterocycles. The lowest BCUT2D eigenvalue weighted by Gasteiger charge is -2.34. The predicted molar refractivity (Wildman–Crippen MR) is 132 cm³/mol. The van der Waals surface area contributed by atoms with Gasteiger partial charge in [0, 0.05) is 17.3 Å². The Bertz CT molecular complexity index is 1370. The lowest BCUT2D eigenvalue weighted by Crippen LogP contribution is -2.39. The van der Waals surface area contributed by atoms with Crippen LogP contribution in [0.1, 0.15) is 53.7 Å². The van der Waals surface area contributed by atoms with Crippen LogP contribution in [0.5, 0.6) is 0 Å². The number of aromatic carboxylic acids is 1. The summed E-state index contributed by atoms with van der Waals surface area (Å²) in [5.41, 5.74) is -2.14. The average Bonchev–Trinajstić information content (AvgIpc) is 2.82. The standard InChI is InChI=1S/C27H23ClF4N2O4/c1-14-10-15(11-14)12-19(25(35)33-18-5-2-16(3-6-18)26(36)37)22-9-4-17(13-34(22)38)23-20(27(30,31)32)7-8-21(28)24(23)29/h2-9,13-15,19H,10-12H2,1H3,(H,33,35)(H,36,37). The molecule has 0 bridgehead atoms. The van der Waals surface area contributed by atoms with Crippen LogP contribution in [0.4, 0.5) is 23.2 Å². The first-order valence-corrected chi connectivity index (χ1v) is 12.2. The Labute approximate surface area is 220 Å². The quantitative estimate of drug-likeness (QED) is 0.195. The zero-order chi connectivity index (χ0) is 27.8. The predicted octanol–water partition coefficient (Wildman–Crippen LogP) is 6.66. The largest absolute Gasteiger partial charge is 0.618 e. The van der Waals surface area contributed by atoms with Crippen molar-refractivity contribution < 1.29 is 37.0 Å². The Morgan fingerprint density at radius 3 is 2.34 bits per heavy atom. The molecule has 1 fully saturated rings. The molecule has 0 saturated heterocycles. The number of anilines is 1. The first-order valence-electron chi connectivity index (χ1n) is 11.8. The van der Waals surface area contributed by atoms with Crippen LogP contribution in [0.15, 0.2) is 54.7 Å². The number of amides is 1. The van der Waals surface area contributed by atoms with E-state index >= 15 is 0 Å². The van der Waals surface area contributed by atoms with Crippen molar-refractivity contribution in [1.29, 1.82) is 0 Å². The summed E-state index contributed by atoms with van der Waals surface area (Å²) in [6.07, 6.45) is -2.05. The van der Waals surface area contributed by atoms with Gasteiger partial charge in [0.05, 0.1) is 21.7 Å². The molecular formula is C27H23ClF4N2O4. The van der Waals surface area contributed by atoms with E-state index in [2.05, 4.69) is 12.2 Å². The topological polar surface area (TPSA) is 93.3 Å². The number of benzene rings is 2. The van der Waals surface area contributed by atoms with E-state index in [-0.39, 0.29) is 27.5 Å². The summed E-state index contributed by atoms with van der Waals surface area (Å²) < 4.78 is 55.8. The molecule has 6 nitrogen and oxygen atoms in total. The Morgan fingerprint density at radius 1 is 1.13 bits per heavy atom. The second-order valence-corrected chi connectivity index (χ2v) is 9.96. The summed E-state index contributed by atoms with van der Waals surface area (Å²) in [6, 6.07) is 9.31. The third-order valence-corrected chi connectivity index (χ3v) is 7.04. The summed E-state index contributed by atoms with van der Waals surface area (Å²) in [7, 11) is 0. The second-order valence-electron chi connectivity index (χ2n) is 9.55. The molecule has 1 saturated carbocycles. The highest BCUT2D eigenvalue weighted by Crippen LogP contribution is 2.42. The highest BCUT2D eigenvalue weighted by molar-refractivity contribution is 6.31. The number of hydrogen-bond acceptors (Lipinski definition) is 3.